The van der Waals surface area contributed by atoms with E-state index < -0.39 is 0 Å². The minimum atomic E-state index is 0.0121. The zero-order chi connectivity index (χ0) is 11.0. The van der Waals surface area contributed by atoms with Crippen LogP contribution in [0.4, 0.5) is 0 Å². The van der Waals surface area contributed by atoms with E-state index in [-0.39, 0.29) is 5.56 Å². The van der Waals surface area contributed by atoms with Crippen LogP contribution in [0, 0.1) is 5.92 Å². The zero-order valence-corrected chi connectivity index (χ0v) is 9.45. The summed E-state index contributed by atoms with van der Waals surface area (Å²) in [5, 5.41) is 0. The molecule has 2 heterocycles. The average molecular weight is 207 g/mol. The van der Waals surface area contributed by atoms with Gasteiger partial charge in [-0.1, -0.05) is 13.8 Å². The molecule has 0 spiro atoms. The highest BCUT2D eigenvalue weighted by Gasteiger charge is 2.30. The number of hydrogen-bond donors (Lipinski definition) is 1. The Bertz CT molecular complexity index is 411. The molecule has 4 nitrogen and oxygen atoms in total. The molecule has 0 radical (unpaired) electrons. The number of nitrogens with zero attached hydrogens (tertiary/aromatic N) is 2. The number of aromatic nitrogens is 2. The van der Waals surface area contributed by atoms with Crippen LogP contribution in [0.3, 0.4) is 0 Å². The molecule has 1 aliphatic rings. The van der Waals surface area contributed by atoms with E-state index in [1.807, 2.05) is 7.05 Å². The Morgan fingerprint density at radius 1 is 1.67 bits per heavy atom. The van der Waals surface area contributed by atoms with Gasteiger partial charge in [-0.25, -0.2) is 4.98 Å². The molecule has 82 valence electrons. The lowest BCUT2D eigenvalue weighted by atomic mass is 10.0. The van der Waals surface area contributed by atoms with E-state index in [2.05, 4.69) is 28.7 Å². The Labute approximate surface area is 89.3 Å². The predicted molar refractivity (Wildman–Crippen MR) is 58.5 cm³/mol. The van der Waals surface area contributed by atoms with Crippen LogP contribution in [-0.4, -0.2) is 21.9 Å². The average Bonchev–Trinajstić information content (AvgIpc) is 2.45. The molecular formula is C11H17N3O. The van der Waals surface area contributed by atoms with E-state index >= 15 is 0 Å². The van der Waals surface area contributed by atoms with Crippen molar-refractivity contribution in [1.29, 1.82) is 0 Å². The van der Waals surface area contributed by atoms with E-state index in [0.717, 1.165) is 24.2 Å². The molecule has 2 rings (SSSR count). The first-order valence-electron chi connectivity index (χ1n) is 5.36. The standard InChI is InChI=1S/C11H17N3O/c1-7(2)4-9-10-8(5-14(9)3)11(15)13-6-12-10/h6-7,9H,4-5H2,1-3H3,(H,12,13,15). The third-order valence-electron chi connectivity index (χ3n) is 2.93. The number of fused-ring (bicyclic) bond motifs is 1. The monoisotopic (exact) mass is 207 g/mol. The third kappa shape index (κ3) is 1.81. The molecule has 1 atom stereocenters. The molecule has 1 aliphatic heterocycles. The van der Waals surface area contributed by atoms with Gasteiger partial charge in [0.05, 0.1) is 23.6 Å². The first-order valence-corrected chi connectivity index (χ1v) is 5.36. The Morgan fingerprint density at radius 2 is 2.40 bits per heavy atom. The van der Waals surface area contributed by atoms with Crippen molar-refractivity contribution in [1.82, 2.24) is 14.9 Å². The van der Waals surface area contributed by atoms with Crippen LogP contribution in [0.15, 0.2) is 11.1 Å². The highest BCUT2D eigenvalue weighted by molar-refractivity contribution is 5.24. The fourth-order valence-corrected chi connectivity index (χ4v) is 2.19. The quantitative estimate of drug-likeness (QED) is 0.795. The smallest absolute Gasteiger partial charge is 0.255 e. The van der Waals surface area contributed by atoms with E-state index in [1.54, 1.807) is 0 Å². The first-order chi connectivity index (χ1) is 7.09. The van der Waals surface area contributed by atoms with Crippen molar-refractivity contribution in [3.05, 3.63) is 27.9 Å². The van der Waals surface area contributed by atoms with Gasteiger partial charge in [-0.3, -0.25) is 9.69 Å². The van der Waals surface area contributed by atoms with Crippen LogP contribution in [0.25, 0.3) is 0 Å². The zero-order valence-electron chi connectivity index (χ0n) is 9.45. The van der Waals surface area contributed by atoms with Gasteiger partial charge in [0.1, 0.15) is 0 Å². The molecule has 0 aliphatic carbocycles. The maximum atomic E-state index is 11.6. The second kappa shape index (κ2) is 3.77. The normalized spacial score (nSPS) is 20.9. The molecule has 1 N–H and O–H groups in total. The molecule has 0 amide bonds. The summed E-state index contributed by atoms with van der Waals surface area (Å²) in [6.45, 7) is 5.11. The second-order valence-corrected chi connectivity index (χ2v) is 4.66. The van der Waals surface area contributed by atoms with Crippen LogP contribution >= 0.6 is 0 Å². The van der Waals surface area contributed by atoms with Crippen LogP contribution < -0.4 is 5.56 Å². The molecule has 15 heavy (non-hydrogen) atoms. The van der Waals surface area contributed by atoms with E-state index in [9.17, 15) is 4.79 Å². The lowest BCUT2D eigenvalue weighted by molar-refractivity contribution is 0.233. The maximum absolute atomic E-state index is 11.6. The van der Waals surface area contributed by atoms with Gasteiger partial charge in [-0.2, -0.15) is 0 Å². The first kappa shape index (κ1) is 10.4. The Balaban J connectivity index is 2.37. The fraction of sp³-hybridized carbons (Fsp3) is 0.636. The van der Waals surface area contributed by atoms with E-state index in [1.165, 1.54) is 6.33 Å². The van der Waals surface area contributed by atoms with Crippen molar-refractivity contribution in [3.63, 3.8) is 0 Å². The Morgan fingerprint density at radius 3 is 3.07 bits per heavy atom. The summed E-state index contributed by atoms with van der Waals surface area (Å²) in [5.41, 5.74) is 1.82. The summed E-state index contributed by atoms with van der Waals surface area (Å²) in [5.74, 6) is 0.615. The summed E-state index contributed by atoms with van der Waals surface area (Å²) in [7, 11) is 2.05. The van der Waals surface area contributed by atoms with Crippen LogP contribution in [0.2, 0.25) is 0 Å². The number of rotatable bonds is 2. The minimum absolute atomic E-state index is 0.0121. The number of aromatic amines is 1. The van der Waals surface area contributed by atoms with Crippen molar-refractivity contribution in [2.75, 3.05) is 7.05 Å². The molecule has 1 aromatic rings. The number of hydrogen-bond acceptors (Lipinski definition) is 3. The molecule has 0 saturated heterocycles. The molecule has 0 saturated carbocycles. The van der Waals surface area contributed by atoms with Crippen molar-refractivity contribution in [2.45, 2.75) is 32.9 Å². The third-order valence-corrected chi connectivity index (χ3v) is 2.93. The fourth-order valence-electron chi connectivity index (χ4n) is 2.19. The van der Waals surface area contributed by atoms with Gasteiger partial charge < -0.3 is 4.98 Å². The molecule has 0 bridgehead atoms. The topological polar surface area (TPSA) is 49.0 Å². The summed E-state index contributed by atoms with van der Waals surface area (Å²) in [6, 6.07) is 0.308. The highest BCUT2D eigenvalue weighted by Crippen LogP contribution is 2.32. The van der Waals surface area contributed by atoms with Gasteiger partial charge in [0.15, 0.2) is 0 Å². The largest absolute Gasteiger partial charge is 0.313 e. The van der Waals surface area contributed by atoms with Gasteiger partial charge in [0.2, 0.25) is 0 Å². The number of nitrogens with one attached hydrogen (secondary N) is 1. The molecular weight excluding hydrogens is 190 g/mol. The van der Waals surface area contributed by atoms with Crippen LogP contribution in [-0.2, 0) is 6.54 Å². The second-order valence-electron chi connectivity index (χ2n) is 4.66. The highest BCUT2D eigenvalue weighted by atomic mass is 16.1. The van der Waals surface area contributed by atoms with Gasteiger partial charge in [0, 0.05) is 6.54 Å². The molecule has 4 heteroatoms. The number of H-pyrrole nitrogens is 1. The summed E-state index contributed by atoms with van der Waals surface area (Å²) < 4.78 is 0. The maximum Gasteiger partial charge on any atom is 0.255 e. The summed E-state index contributed by atoms with van der Waals surface area (Å²) in [4.78, 5) is 20.7. The lowest BCUT2D eigenvalue weighted by Gasteiger charge is -2.21. The SMILES string of the molecule is CC(C)CC1c2nc[nH]c(=O)c2CN1C. The summed E-state index contributed by atoms with van der Waals surface area (Å²) in [6.07, 6.45) is 2.56. The van der Waals surface area contributed by atoms with Gasteiger partial charge >= 0.3 is 0 Å². The van der Waals surface area contributed by atoms with Crippen LogP contribution in [0.1, 0.15) is 37.6 Å². The molecule has 1 aromatic heterocycles. The van der Waals surface area contributed by atoms with Gasteiger partial charge in [0.25, 0.3) is 5.56 Å². The Kier molecular flexibility index (Phi) is 2.61. The molecule has 0 fully saturated rings. The minimum Gasteiger partial charge on any atom is -0.313 e. The van der Waals surface area contributed by atoms with Crippen molar-refractivity contribution in [3.8, 4) is 0 Å². The predicted octanol–water partition coefficient (Wildman–Crippen LogP) is 1.30. The van der Waals surface area contributed by atoms with Crippen molar-refractivity contribution in [2.24, 2.45) is 5.92 Å². The van der Waals surface area contributed by atoms with Crippen LogP contribution in [0.5, 0.6) is 0 Å². The molecule has 1 unspecified atom stereocenters. The summed E-state index contributed by atoms with van der Waals surface area (Å²) >= 11 is 0. The molecule has 0 aromatic carbocycles. The van der Waals surface area contributed by atoms with Gasteiger partial charge in [-0.15, -0.1) is 0 Å². The van der Waals surface area contributed by atoms with Crippen molar-refractivity contribution >= 4 is 0 Å². The van der Waals surface area contributed by atoms with Crippen molar-refractivity contribution < 1.29 is 0 Å². The van der Waals surface area contributed by atoms with E-state index in [4.69, 9.17) is 0 Å². The lowest BCUT2D eigenvalue weighted by Crippen LogP contribution is -2.18. The Hall–Kier alpha value is -1.16. The van der Waals surface area contributed by atoms with Gasteiger partial charge in [-0.05, 0) is 19.4 Å². The van der Waals surface area contributed by atoms with E-state index in [0.29, 0.717) is 12.0 Å².